The van der Waals surface area contributed by atoms with Gasteiger partial charge < -0.3 is 9.64 Å². The monoisotopic (exact) mass is 472 g/mol. The second-order valence-electron chi connectivity index (χ2n) is 7.45. The summed E-state index contributed by atoms with van der Waals surface area (Å²) in [5.74, 6) is 0.285. The van der Waals surface area contributed by atoms with E-state index in [1.807, 2.05) is 25.1 Å². The fourth-order valence-corrected chi connectivity index (χ4v) is 4.42. The van der Waals surface area contributed by atoms with Gasteiger partial charge >= 0.3 is 0 Å². The summed E-state index contributed by atoms with van der Waals surface area (Å²) >= 11 is 5.98. The molecule has 168 valence electrons. The largest absolute Gasteiger partial charge is 0.484 e. The van der Waals surface area contributed by atoms with Crippen molar-refractivity contribution in [2.45, 2.75) is 18.4 Å². The van der Waals surface area contributed by atoms with Crippen LogP contribution in [0.5, 0.6) is 5.75 Å². The Hall–Kier alpha value is -3.03. The highest BCUT2D eigenvalue weighted by molar-refractivity contribution is 7.92. The quantitative estimate of drug-likeness (QED) is 0.483. The van der Waals surface area contributed by atoms with Crippen LogP contribution in [0, 0.1) is 6.92 Å². The fourth-order valence-electron chi connectivity index (χ4n) is 3.01. The van der Waals surface area contributed by atoms with E-state index in [1.54, 1.807) is 66.5 Å². The van der Waals surface area contributed by atoms with Crippen molar-refractivity contribution >= 4 is 33.2 Å². The lowest BCUT2D eigenvalue weighted by Gasteiger charge is -2.20. The molecule has 0 fully saturated rings. The van der Waals surface area contributed by atoms with Gasteiger partial charge in [0, 0.05) is 25.7 Å². The van der Waals surface area contributed by atoms with Crippen molar-refractivity contribution in [1.82, 2.24) is 4.90 Å². The number of sulfonamides is 1. The first-order valence-corrected chi connectivity index (χ1v) is 11.8. The highest BCUT2D eigenvalue weighted by Crippen LogP contribution is 2.24. The van der Waals surface area contributed by atoms with Crippen LogP contribution >= 0.6 is 11.6 Å². The number of hydrogen-bond acceptors (Lipinski definition) is 4. The van der Waals surface area contributed by atoms with E-state index in [9.17, 15) is 13.2 Å². The van der Waals surface area contributed by atoms with E-state index < -0.39 is 10.0 Å². The van der Waals surface area contributed by atoms with Gasteiger partial charge in [-0.25, -0.2) is 8.42 Å². The third-order valence-corrected chi connectivity index (χ3v) is 7.01. The molecule has 0 aliphatic rings. The minimum absolute atomic E-state index is 0.131. The number of ether oxygens (including phenoxy) is 1. The number of amides is 1. The van der Waals surface area contributed by atoms with Crippen LogP contribution in [0.3, 0.4) is 0 Å². The van der Waals surface area contributed by atoms with Gasteiger partial charge in [-0.05, 0) is 61.0 Å². The van der Waals surface area contributed by atoms with Gasteiger partial charge in [0.1, 0.15) is 5.75 Å². The third-order valence-electron chi connectivity index (χ3n) is 4.98. The first kappa shape index (κ1) is 23.6. The number of nitrogens with zero attached hydrogens (tertiary/aromatic N) is 2. The van der Waals surface area contributed by atoms with E-state index in [0.717, 1.165) is 11.1 Å². The minimum atomic E-state index is -3.67. The molecule has 0 spiro atoms. The van der Waals surface area contributed by atoms with Crippen LogP contribution in [0.25, 0.3) is 0 Å². The summed E-state index contributed by atoms with van der Waals surface area (Å²) in [6.45, 7) is 2.19. The van der Waals surface area contributed by atoms with Crippen molar-refractivity contribution in [1.29, 1.82) is 0 Å². The summed E-state index contributed by atoms with van der Waals surface area (Å²) in [7, 11) is -0.475. The van der Waals surface area contributed by atoms with Crippen LogP contribution < -0.4 is 9.04 Å². The van der Waals surface area contributed by atoms with E-state index in [4.69, 9.17) is 16.3 Å². The number of likely N-dealkylation sites (N-methyl/N-ethyl adjacent to an activating group) is 1. The number of halogens is 1. The molecular weight excluding hydrogens is 448 g/mol. The highest BCUT2D eigenvalue weighted by Gasteiger charge is 2.21. The predicted molar refractivity (Wildman–Crippen MR) is 127 cm³/mol. The van der Waals surface area contributed by atoms with Gasteiger partial charge in [-0.2, -0.15) is 0 Å². The lowest BCUT2D eigenvalue weighted by molar-refractivity contribution is -0.132. The molecule has 0 N–H and O–H groups in total. The van der Waals surface area contributed by atoms with Gasteiger partial charge in [0.15, 0.2) is 6.61 Å². The van der Waals surface area contributed by atoms with E-state index >= 15 is 0 Å². The summed E-state index contributed by atoms with van der Waals surface area (Å²) in [6.07, 6.45) is 0. The van der Waals surface area contributed by atoms with E-state index in [2.05, 4.69) is 0 Å². The zero-order chi connectivity index (χ0) is 23.3. The Bertz CT molecular complexity index is 1180. The van der Waals surface area contributed by atoms with Crippen LogP contribution in [-0.4, -0.2) is 39.9 Å². The first-order valence-electron chi connectivity index (χ1n) is 9.94. The molecule has 0 aliphatic heterocycles. The number of benzene rings is 3. The fraction of sp³-hybridized carbons (Fsp3) is 0.208. The maximum Gasteiger partial charge on any atom is 0.264 e. The molecule has 0 saturated carbocycles. The molecule has 6 nitrogen and oxygen atoms in total. The van der Waals surface area contributed by atoms with Crippen LogP contribution in [0.1, 0.15) is 11.1 Å². The molecular formula is C24H25ClN2O4S. The molecule has 0 bridgehead atoms. The third kappa shape index (κ3) is 5.81. The maximum absolute atomic E-state index is 12.8. The van der Waals surface area contributed by atoms with Gasteiger partial charge in [0.25, 0.3) is 15.9 Å². The Balaban J connectivity index is 1.59. The second-order valence-corrected chi connectivity index (χ2v) is 9.85. The number of carbonyl (C=O) groups excluding carboxylic acids is 1. The average molecular weight is 473 g/mol. The molecule has 3 aromatic rings. The zero-order valence-electron chi connectivity index (χ0n) is 18.2. The van der Waals surface area contributed by atoms with Crippen molar-refractivity contribution in [3.05, 3.63) is 88.9 Å². The Labute approximate surface area is 194 Å². The number of anilines is 1. The number of hydrogen-bond donors (Lipinski definition) is 0. The molecule has 0 atom stereocenters. The molecule has 0 aliphatic carbocycles. The summed E-state index contributed by atoms with van der Waals surface area (Å²) in [5, 5.41) is 0.619. The average Bonchev–Trinajstić information content (AvgIpc) is 2.77. The maximum atomic E-state index is 12.8. The van der Waals surface area contributed by atoms with Crippen molar-refractivity contribution in [3.8, 4) is 5.75 Å². The van der Waals surface area contributed by atoms with Crippen LogP contribution in [0.15, 0.2) is 77.7 Å². The molecule has 0 heterocycles. The van der Waals surface area contributed by atoms with Gasteiger partial charge in [0.05, 0.1) is 10.6 Å². The molecule has 1 amide bonds. The summed E-state index contributed by atoms with van der Waals surface area (Å²) in [5.41, 5.74) is 2.40. The van der Waals surface area contributed by atoms with Gasteiger partial charge in [-0.3, -0.25) is 9.10 Å². The van der Waals surface area contributed by atoms with Gasteiger partial charge in [-0.15, -0.1) is 0 Å². The molecule has 0 aromatic heterocycles. The molecule has 3 aromatic carbocycles. The Morgan fingerprint density at radius 3 is 2.25 bits per heavy atom. The number of carbonyl (C=O) groups is 1. The normalized spacial score (nSPS) is 11.1. The second kappa shape index (κ2) is 10.1. The number of aryl methyl sites for hydroxylation is 1. The Kier molecular flexibility index (Phi) is 7.43. The van der Waals surface area contributed by atoms with E-state index in [0.29, 0.717) is 23.0 Å². The van der Waals surface area contributed by atoms with Crippen LogP contribution in [0.4, 0.5) is 5.69 Å². The topological polar surface area (TPSA) is 66.9 Å². The molecule has 3 rings (SSSR count). The lowest BCUT2D eigenvalue weighted by atomic mass is 10.2. The molecule has 0 unspecified atom stereocenters. The summed E-state index contributed by atoms with van der Waals surface area (Å²) in [6, 6.07) is 20.6. The smallest absolute Gasteiger partial charge is 0.264 e. The molecule has 0 saturated heterocycles. The predicted octanol–water partition coefficient (Wildman–Crippen LogP) is 4.51. The minimum Gasteiger partial charge on any atom is -0.484 e. The van der Waals surface area contributed by atoms with Gasteiger partial charge in [-0.1, -0.05) is 41.4 Å². The molecule has 0 radical (unpaired) electrons. The van der Waals surface area contributed by atoms with Crippen molar-refractivity contribution in [2.75, 3.05) is 25.0 Å². The van der Waals surface area contributed by atoms with Crippen LogP contribution in [-0.2, 0) is 21.4 Å². The lowest BCUT2D eigenvalue weighted by Crippen LogP contribution is -2.31. The van der Waals surface area contributed by atoms with Crippen molar-refractivity contribution in [3.63, 3.8) is 0 Å². The van der Waals surface area contributed by atoms with Crippen molar-refractivity contribution < 1.29 is 17.9 Å². The zero-order valence-corrected chi connectivity index (χ0v) is 19.7. The van der Waals surface area contributed by atoms with Crippen molar-refractivity contribution in [2.24, 2.45) is 0 Å². The standard InChI is InChI=1S/C24H25ClN2O4S/c1-18-7-13-23(14-8-18)32(29,30)27(3)21-9-11-22(12-10-21)31-17-24(28)26(2)16-19-5-4-6-20(25)15-19/h4-15H,16-17H2,1-3H3. The summed E-state index contributed by atoms with van der Waals surface area (Å²) in [4.78, 5) is 14.2. The molecule has 32 heavy (non-hydrogen) atoms. The SMILES string of the molecule is Cc1ccc(S(=O)(=O)N(C)c2ccc(OCC(=O)N(C)Cc3cccc(Cl)c3)cc2)cc1. The highest BCUT2D eigenvalue weighted by atomic mass is 35.5. The van der Waals surface area contributed by atoms with Gasteiger partial charge in [0.2, 0.25) is 0 Å². The van der Waals surface area contributed by atoms with E-state index in [1.165, 1.54) is 11.4 Å². The Morgan fingerprint density at radius 2 is 1.62 bits per heavy atom. The first-order chi connectivity index (χ1) is 15.2. The van der Waals surface area contributed by atoms with Crippen LogP contribution in [0.2, 0.25) is 5.02 Å². The van der Waals surface area contributed by atoms with E-state index in [-0.39, 0.29) is 17.4 Å². The summed E-state index contributed by atoms with van der Waals surface area (Å²) < 4.78 is 32.4. The number of rotatable bonds is 8. The molecule has 8 heteroatoms. The Morgan fingerprint density at radius 1 is 0.969 bits per heavy atom.